The van der Waals surface area contributed by atoms with Gasteiger partial charge in [0.25, 0.3) is 0 Å². The predicted molar refractivity (Wildman–Crippen MR) is 133 cm³/mol. The Bertz CT molecular complexity index is 940. The zero-order valence-corrected chi connectivity index (χ0v) is 20.4. The minimum absolute atomic E-state index is 0.318. The van der Waals surface area contributed by atoms with Crippen molar-refractivity contribution < 1.29 is 4.74 Å². The van der Waals surface area contributed by atoms with E-state index in [0.29, 0.717) is 23.1 Å². The summed E-state index contributed by atoms with van der Waals surface area (Å²) >= 11 is 0. The van der Waals surface area contributed by atoms with Crippen molar-refractivity contribution in [1.82, 2.24) is 4.90 Å². The molecular weight excluding hydrogens is 382 g/mol. The third-order valence-electron chi connectivity index (χ3n) is 5.21. The lowest BCUT2D eigenvalue weighted by molar-refractivity contribution is 0.346. The summed E-state index contributed by atoms with van der Waals surface area (Å²) in [5.41, 5.74) is 5.39. The van der Waals surface area contributed by atoms with Gasteiger partial charge in [-0.05, 0) is 82.4 Å². The van der Waals surface area contributed by atoms with Crippen molar-refractivity contribution in [3.63, 3.8) is 0 Å². The lowest BCUT2D eigenvalue weighted by atomic mass is 10.0. The molecule has 0 aliphatic carbocycles. The van der Waals surface area contributed by atoms with E-state index < -0.39 is 0 Å². The van der Waals surface area contributed by atoms with E-state index in [1.807, 2.05) is 39.4 Å². The first-order valence-electron chi connectivity index (χ1n) is 10.9. The first kappa shape index (κ1) is 26.0. The fourth-order valence-corrected chi connectivity index (χ4v) is 2.64. The number of hydrogen-bond donors (Lipinski definition) is 0. The van der Waals surface area contributed by atoms with Crippen molar-refractivity contribution in [2.24, 2.45) is 4.99 Å². The Hall–Kier alpha value is -3.06. The second-order valence-corrected chi connectivity index (χ2v) is 7.92. The van der Waals surface area contributed by atoms with Gasteiger partial charge in [-0.1, -0.05) is 26.5 Å². The summed E-state index contributed by atoms with van der Waals surface area (Å²) in [7, 11) is 2.00. The van der Waals surface area contributed by atoms with Crippen molar-refractivity contribution in [3.8, 4) is 11.8 Å². The highest BCUT2D eigenvalue weighted by atomic mass is 16.5. The van der Waals surface area contributed by atoms with Crippen LogP contribution in [0.15, 0.2) is 64.5 Å². The molecule has 0 fully saturated rings. The second kappa shape index (κ2) is 12.6. The number of aliphatic imine (C=N–C) groups is 1. The highest BCUT2D eigenvalue weighted by Crippen LogP contribution is 2.33. The standard InChI is InChI=1S/C27H37N3O/c1-10-21(8)27(29-17-22(11-2)12-3)24-14-13-23(16-28)15-25(24)31-26(19(4)5)18-30(9)20(6)7/h11,13-15,17-18,20H,4,10,12H2,1-3,5-9H3/b22-11-,26-18+,27-21-,29-17-. The van der Waals surface area contributed by atoms with Crippen LogP contribution in [0.4, 0.5) is 0 Å². The number of rotatable bonds is 10. The van der Waals surface area contributed by atoms with E-state index in [-0.39, 0.29) is 0 Å². The lowest BCUT2D eigenvalue weighted by Crippen LogP contribution is -2.21. The molecule has 0 saturated heterocycles. The lowest BCUT2D eigenvalue weighted by Gasteiger charge is -2.22. The van der Waals surface area contributed by atoms with Crippen LogP contribution < -0.4 is 4.74 Å². The molecule has 1 aromatic carbocycles. The summed E-state index contributed by atoms with van der Waals surface area (Å²) < 4.78 is 6.35. The molecule has 0 saturated carbocycles. The maximum Gasteiger partial charge on any atom is 0.145 e. The number of nitriles is 1. The van der Waals surface area contributed by atoms with Crippen molar-refractivity contribution in [2.45, 2.75) is 67.3 Å². The van der Waals surface area contributed by atoms with Gasteiger partial charge < -0.3 is 9.64 Å². The monoisotopic (exact) mass is 419 g/mol. The van der Waals surface area contributed by atoms with E-state index in [0.717, 1.165) is 35.2 Å². The largest absolute Gasteiger partial charge is 0.455 e. The SMILES string of the molecule is C=C(C)/C(=C\N(C)C(C)C)Oc1cc(C#N)ccc1C(/N=C\C(=C/C)CC)=C(\C)CC. The molecule has 0 aliphatic heterocycles. The van der Waals surface area contributed by atoms with Crippen LogP contribution in [0.2, 0.25) is 0 Å². The molecule has 0 amide bonds. The van der Waals surface area contributed by atoms with Crippen molar-refractivity contribution in [1.29, 1.82) is 5.26 Å². The molecule has 0 aromatic heterocycles. The first-order chi connectivity index (χ1) is 14.7. The van der Waals surface area contributed by atoms with Crippen molar-refractivity contribution in [2.75, 3.05) is 7.05 Å². The molecule has 0 unspecified atom stereocenters. The van der Waals surface area contributed by atoms with Crippen LogP contribution in [-0.2, 0) is 0 Å². The first-order valence-corrected chi connectivity index (χ1v) is 10.9. The van der Waals surface area contributed by atoms with E-state index >= 15 is 0 Å². The number of ether oxygens (including phenoxy) is 1. The molecule has 1 aromatic rings. The van der Waals surface area contributed by atoms with Crippen molar-refractivity contribution >= 4 is 11.9 Å². The predicted octanol–water partition coefficient (Wildman–Crippen LogP) is 7.26. The third-order valence-corrected chi connectivity index (χ3v) is 5.21. The molecule has 0 heterocycles. The van der Waals surface area contributed by atoms with E-state index in [9.17, 15) is 5.26 Å². The van der Waals surface area contributed by atoms with Crippen LogP contribution in [0.5, 0.6) is 5.75 Å². The van der Waals surface area contributed by atoms with Crippen LogP contribution >= 0.6 is 0 Å². The Morgan fingerprint density at radius 2 is 1.94 bits per heavy atom. The van der Waals surface area contributed by atoms with Gasteiger partial charge in [0.15, 0.2) is 0 Å². The highest BCUT2D eigenvalue weighted by molar-refractivity contribution is 5.86. The highest BCUT2D eigenvalue weighted by Gasteiger charge is 2.15. The van der Waals surface area contributed by atoms with Crippen molar-refractivity contribution in [3.05, 3.63) is 70.7 Å². The molecule has 4 heteroatoms. The van der Waals surface area contributed by atoms with E-state index in [4.69, 9.17) is 9.73 Å². The topological polar surface area (TPSA) is 48.6 Å². The third kappa shape index (κ3) is 7.61. The molecule has 0 radical (unpaired) electrons. The van der Waals surface area contributed by atoms with Gasteiger partial charge in [0.05, 0.1) is 17.3 Å². The Kier molecular flexibility index (Phi) is 10.6. The zero-order chi connectivity index (χ0) is 23.6. The normalized spacial score (nSPS) is 13.3. The number of benzene rings is 1. The average Bonchev–Trinajstić information content (AvgIpc) is 2.75. The fourth-order valence-electron chi connectivity index (χ4n) is 2.64. The number of hydrogen-bond acceptors (Lipinski definition) is 4. The Balaban J connectivity index is 3.64. The summed E-state index contributed by atoms with van der Waals surface area (Å²) in [5.74, 6) is 1.26. The maximum atomic E-state index is 9.45. The molecule has 4 nitrogen and oxygen atoms in total. The fraction of sp³-hybridized carbons (Fsp3) is 0.407. The zero-order valence-electron chi connectivity index (χ0n) is 20.4. The van der Waals surface area contributed by atoms with Crippen LogP contribution in [0, 0.1) is 11.3 Å². The second-order valence-electron chi connectivity index (χ2n) is 7.92. The van der Waals surface area contributed by atoms with Crippen LogP contribution in [0.1, 0.15) is 72.4 Å². The van der Waals surface area contributed by atoms with Gasteiger partial charge in [0.1, 0.15) is 11.5 Å². The minimum atomic E-state index is 0.318. The van der Waals surface area contributed by atoms with Gasteiger partial charge in [-0.15, -0.1) is 0 Å². The number of allylic oxidation sites excluding steroid dienone is 4. The Morgan fingerprint density at radius 1 is 1.26 bits per heavy atom. The van der Waals surface area contributed by atoms with Gasteiger partial charge >= 0.3 is 0 Å². The molecule has 0 atom stereocenters. The van der Waals surface area contributed by atoms with Gasteiger partial charge in [0, 0.05) is 31.1 Å². The Morgan fingerprint density at radius 3 is 2.42 bits per heavy atom. The smallest absolute Gasteiger partial charge is 0.145 e. The average molecular weight is 420 g/mol. The molecule has 0 spiro atoms. The summed E-state index contributed by atoms with van der Waals surface area (Å²) in [6.07, 6.45) is 7.72. The quantitative estimate of drug-likeness (QED) is 0.228. The number of nitrogens with zero attached hydrogens (tertiary/aromatic N) is 3. The van der Waals surface area contributed by atoms with E-state index in [1.165, 1.54) is 5.57 Å². The van der Waals surface area contributed by atoms with Gasteiger partial charge in [-0.25, -0.2) is 0 Å². The minimum Gasteiger partial charge on any atom is -0.455 e. The molecule has 0 aliphatic rings. The van der Waals surface area contributed by atoms with Gasteiger partial charge in [0.2, 0.25) is 0 Å². The molecule has 0 bridgehead atoms. The van der Waals surface area contributed by atoms with E-state index in [1.54, 1.807) is 12.1 Å². The molecule has 1 rings (SSSR count). The molecule has 0 N–H and O–H groups in total. The molecular formula is C27H37N3O. The van der Waals surface area contributed by atoms with Crippen LogP contribution in [0.3, 0.4) is 0 Å². The summed E-state index contributed by atoms with van der Waals surface area (Å²) in [4.78, 5) is 6.91. The van der Waals surface area contributed by atoms with Crippen LogP contribution in [0.25, 0.3) is 5.70 Å². The van der Waals surface area contributed by atoms with Gasteiger partial charge in [-0.2, -0.15) is 5.26 Å². The van der Waals surface area contributed by atoms with E-state index in [2.05, 4.69) is 58.2 Å². The van der Waals surface area contributed by atoms with Gasteiger partial charge in [-0.3, -0.25) is 4.99 Å². The Labute approximate surface area is 188 Å². The molecule has 166 valence electrons. The summed E-state index contributed by atoms with van der Waals surface area (Å²) in [5, 5.41) is 9.45. The van der Waals surface area contributed by atoms with Crippen LogP contribution in [-0.4, -0.2) is 24.2 Å². The summed E-state index contributed by atoms with van der Waals surface area (Å²) in [6, 6.07) is 8.03. The molecule has 31 heavy (non-hydrogen) atoms. The maximum absolute atomic E-state index is 9.45. The summed E-state index contributed by atoms with van der Waals surface area (Å²) in [6.45, 7) is 18.5.